The molecular weight excluding hydrogens is 224 g/mol. The summed E-state index contributed by atoms with van der Waals surface area (Å²) >= 11 is 7.35. The molecular formula is C8H11ClN2O2S. The van der Waals surface area contributed by atoms with Crippen LogP contribution in [0.4, 0.5) is 0 Å². The highest BCUT2D eigenvalue weighted by atomic mass is 35.5. The minimum atomic E-state index is -1.40. The first-order valence-corrected chi connectivity index (χ1v) is 5.67. The highest BCUT2D eigenvalue weighted by molar-refractivity contribution is 8.13. The summed E-state index contributed by atoms with van der Waals surface area (Å²) in [4.78, 5) is 14.1. The molecule has 1 aliphatic rings. The number of ether oxygens (including phenoxy) is 1. The maximum absolute atomic E-state index is 11.4. The van der Waals surface area contributed by atoms with Gasteiger partial charge in [-0.05, 0) is 19.3 Å². The topological polar surface area (TPSA) is 50.7 Å². The molecule has 0 amide bonds. The van der Waals surface area contributed by atoms with Crippen molar-refractivity contribution in [3.05, 3.63) is 12.3 Å². The SMILES string of the molecule is CCOC(=O)C1(Cl)C=CNC(SC)=N1. The van der Waals surface area contributed by atoms with Crippen molar-refractivity contribution < 1.29 is 9.53 Å². The average Bonchev–Trinajstić information content (AvgIpc) is 2.18. The zero-order valence-electron chi connectivity index (χ0n) is 7.91. The van der Waals surface area contributed by atoms with E-state index in [1.807, 2.05) is 6.26 Å². The maximum atomic E-state index is 11.4. The molecule has 1 N–H and O–H groups in total. The number of esters is 1. The number of nitrogens with zero attached hydrogens (tertiary/aromatic N) is 1. The molecule has 0 aromatic rings. The molecule has 0 aliphatic carbocycles. The number of nitrogens with one attached hydrogen (secondary N) is 1. The molecule has 1 heterocycles. The Kier molecular flexibility index (Phi) is 3.83. The number of halogens is 1. The smallest absolute Gasteiger partial charge is 0.353 e. The Morgan fingerprint density at radius 1 is 1.86 bits per heavy atom. The van der Waals surface area contributed by atoms with E-state index in [1.54, 1.807) is 13.1 Å². The molecule has 6 heteroatoms. The van der Waals surface area contributed by atoms with Crippen LogP contribution in [0.2, 0.25) is 0 Å². The van der Waals surface area contributed by atoms with E-state index in [2.05, 4.69) is 10.3 Å². The third kappa shape index (κ3) is 2.42. The van der Waals surface area contributed by atoms with Crippen LogP contribution in [0, 0.1) is 0 Å². The molecule has 14 heavy (non-hydrogen) atoms. The Hall–Kier alpha value is -0.680. The minimum absolute atomic E-state index is 0.290. The molecule has 0 spiro atoms. The van der Waals surface area contributed by atoms with Gasteiger partial charge in [-0.1, -0.05) is 23.4 Å². The van der Waals surface area contributed by atoms with Crippen molar-refractivity contribution in [2.24, 2.45) is 4.99 Å². The highest BCUT2D eigenvalue weighted by Crippen LogP contribution is 2.24. The third-order valence-corrected chi connectivity index (χ3v) is 2.49. The van der Waals surface area contributed by atoms with E-state index in [0.29, 0.717) is 11.8 Å². The molecule has 4 nitrogen and oxygen atoms in total. The van der Waals surface area contributed by atoms with E-state index in [4.69, 9.17) is 16.3 Å². The molecule has 0 aromatic heterocycles. The molecule has 0 fully saturated rings. The second-order valence-electron chi connectivity index (χ2n) is 2.49. The molecule has 1 unspecified atom stereocenters. The van der Waals surface area contributed by atoms with Crippen LogP contribution in [0.5, 0.6) is 0 Å². The van der Waals surface area contributed by atoms with E-state index >= 15 is 0 Å². The van der Waals surface area contributed by atoms with Gasteiger partial charge in [-0.15, -0.1) is 0 Å². The summed E-state index contributed by atoms with van der Waals surface area (Å²) in [6.45, 7) is 2.01. The van der Waals surface area contributed by atoms with E-state index in [1.165, 1.54) is 17.8 Å². The van der Waals surface area contributed by atoms with Gasteiger partial charge in [0.1, 0.15) is 0 Å². The van der Waals surface area contributed by atoms with Crippen LogP contribution in [-0.2, 0) is 9.53 Å². The standard InChI is InChI=1S/C8H11ClN2O2S/c1-3-13-6(12)8(9)4-5-10-7(11-8)14-2/h4-5H,3H2,1-2H3,(H,10,11). The van der Waals surface area contributed by atoms with E-state index in [9.17, 15) is 4.79 Å². The van der Waals surface area contributed by atoms with Crippen LogP contribution in [0.25, 0.3) is 0 Å². The van der Waals surface area contributed by atoms with Crippen LogP contribution >= 0.6 is 23.4 Å². The van der Waals surface area contributed by atoms with Crippen molar-refractivity contribution in [3.8, 4) is 0 Å². The Morgan fingerprint density at radius 3 is 3.14 bits per heavy atom. The Morgan fingerprint density at radius 2 is 2.57 bits per heavy atom. The van der Waals surface area contributed by atoms with Crippen molar-refractivity contribution in [1.29, 1.82) is 0 Å². The van der Waals surface area contributed by atoms with Gasteiger partial charge in [0.25, 0.3) is 5.00 Å². The summed E-state index contributed by atoms with van der Waals surface area (Å²) in [6.07, 6.45) is 4.89. The lowest BCUT2D eigenvalue weighted by Gasteiger charge is -2.21. The summed E-state index contributed by atoms with van der Waals surface area (Å²) in [5, 5.41) is 3.45. The number of carbonyl (C=O) groups is 1. The number of alkyl halides is 1. The number of hydrogen-bond acceptors (Lipinski definition) is 5. The Labute approximate surface area is 91.7 Å². The zero-order valence-corrected chi connectivity index (χ0v) is 9.48. The predicted octanol–water partition coefficient (Wildman–Crippen LogP) is 1.32. The average molecular weight is 235 g/mol. The quantitative estimate of drug-likeness (QED) is 0.445. The van der Waals surface area contributed by atoms with Gasteiger partial charge in [-0.25, -0.2) is 9.79 Å². The molecule has 1 atom stereocenters. The van der Waals surface area contributed by atoms with Crippen LogP contribution in [0.15, 0.2) is 17.3 Å². The molecule has 78 valence electrons. The van der Waals surface area contributed by atoms with Gasteiger partial charge in [-0.3, -0.25) is 0 Å². The second kappa shape index (κ2) is 4.70. The fraction of sp³-hybridized carbons (Fsp3) is 0.500. The molecule has 0 saturated heterocycles. The Bertz CT molecular complexity index is 293. The lowest BCUT2D eigenvalue weighted by atomic mass is 10.3. The molecule has 0 radical (unpaired) electrons. The van der Waals surface area contributed by atoms with Gasteiger partial charge >= 0.3 is 5.97 Å². The van der Waals surface area contributed by atoms with Crippen molar-refractivity contribution in [2.45, 2.75) is 11.9 Å². The van der Waals surface area contributed by atoms with Gasteiger partial charge in [0.15, 0.2) is 5.17 Å². The lowest BCUT2D eigenvalue weighted by Crippen LogP contribution is -2.36. The van der Waals surface area contributed by atoms with E-state index in [-0.39, 0.29) is 0 Å². The fourth-order valence-corrected chi connectivity index (χ4v) is 1.56. The van der Waals surface area contributed by atoms with Gasteiger partial charge in [0, 0.05) is 6.20 Å². The second-order valence-corrected chi connectivity index (χ2v) is 3.86. The van der Waals surface area contributed by atoms with Gasteiger partial charge in [0.2, 0.25) is 0 Å². The lowest BCUT2D eigenvalue weighted by molar-refractivity contribution is -0.144. The van der Waals surface area contributed by atoms with Gasteiger partial charge < -0.3 is 10.1 Å². The summed E-state index contributed by atoms with van der Waals surface area (Å²) in [5.41, 5.74) is 0. The number of amidine groups is 1. The van der Waals surface area contributed by atoms with Gasteiger partial charge in [0.05, 0.1) is 6.61 Å². The molecule has 0 saturated carbocycles. The number of thioether (sulfide) groups is 1. The van der Waals surface area contributed by atoms with Crippen LogP contribution < -0.4 is 5.32 Å². The predicted molar refractivity (Wildman–Crippen MR) is 58.4 cm³/mol. The van der Waals surface area contributed by atoms with Crippen LogP contribution in [0.3, 0.4) is 0 Å². The first kappa shape index (κ1) is 11.4. The monoisotopic (exact) mass is 234 g/mol. The summed E-state index contributed by atoms with van der Waals surface area (Å²) < 4.78 is 4.81. The number of aliphatic imine (C=N–C) groups is 1. The maximum Gasteiger partial charge on any atom is 0.353 e. The summed E-state index contributed by atoms with van der Waals surface area (Å²) in [5.74, 6) is -0.550. The highest BCUT2D eigenvalue weighted by Gasteiger charge is 2.36. The van der Waals surface area contributed by atoms with E-state index < -0.39 is 11.0 Å². The fourth-order valence-electron chi connectivity index (χ4n) is 0.891. The third-order valence-electron chi connectivity index (χ3n) is 1.53. The largest absolute Gasteiger partial charge is 0.463 e. The van der Waals surface area contributed by atoms with Crippen molar-refractivity contribution in [1.82, 2.24) is 5.32 Å². The van der Waals surface area contributed by atoms with Crippen LogP contribution in [0.1, 0.15) is 6.92 Å². The first-order chi connectivity index (χ1) is 6.62. The number of hydrogen-bond donors (Lipinski definition) is 1. The summed E-state index contributed by atoms with van der Waals surface area (Å²) in [7, 11) is 0. The molecule has 0 aromatic carbocycles. The van der Waals surface area contributed by atoms with Crippen molar-refractivity contribution in [2.75, 3.05) is 12.9 Å². The minimum Gasteiger partial charge on any atom is -0.463 e. The molecule has 0 bridgehead atoms. The zero-order chi connectivity index (χ0) is 10.6. The number of carbonyl (C=O) groups excluding carboxylic acids is 1. The van der Waals surface area contributed by atoms with Crippen molar-refractivity contribution >= 4 is 34.5 Å². The molecule has 1 rings (SSSR count). The normalized spacial score (nSPS) is 25.2. The van der Waals surface area contributed by atoms with E-state index in [0.717, 1.165) is 0 Å². The first-order valence-electron chi connectivity index (χ1n) is 4.06. The van der Waals surface area contributed by atoms with Crippen LogP contribution in [-0.4, -0.2) is 29.0 Å². The Balaban J connectivity index is 2.82. The molecule has 1 aliphatic heterocycles. The van der Waals surface area contributed by atoms with Crippen molar-refractivity contribution in [3.63, 3.8) is 0 Å². The van der Waals surface area contributed by atoms with Gasteiger partial charge in [-0.2, -0.15) is 0 Å². The number of rotatable bonds is 2. The summed E-state index contributed by atoms with van der Waals surface area (Å²) in [6, 6.07) is 0.